The van der Waals surface area contributed by atoms with Crippen molar-refractivity contribution in [1.29, 1.82) is 0 Å². The molecule has 1 heterocycles. The van der Waals surface area contributed by atoms with Crippen LogP contribution < -0.4 is 5.32 Å². The lowest BCUT2D eigenvalue weighted by molar-refractivity contribution is 0.624. The standard InChI is InChI=1S/C9H13FN2S/c1-7(13-2)6-12-9-8(10)4-3-5-11-9/h3-5,7H,6H2,1-2H3,(H,11,12). The van der Waals surface area contributed by atoms with E-state index >= 15 is 0 Å². The Labute approximate surface area is 81.9 Å². The highest BCUT2D eigenvalue weighted by molar-refractivity contribution is 7.99. The van der Waals surface area contributed by atoms with E-state index in [1.165, 1.54) is 6.07 Å². The third-order valence-corrected chi connectivity index (χ3v) is 2.69. The summed E-state index contributed by atoms with van der Waals surface area (Å²) in [6, 6.07) is 2.98. The third-order valence-electron chi connectivity index (χ3n) is 1.72. The molecule has 0 radical (unpaired) electrons. The van der Waals surface area contributed by atoms with Crippen molar-refractivity contribution in [2.24, 2.45) is 0 Å². The van der Waals surface area contributed by atoms with E-state index < -0.39 is 0 Å². The molecule has 1 N–H and O–H groups in total. The van der Waals surface area contributed by atoms with E-state index in [9.17, 15) is 4.39 Å². The second-order valence-corrected chi connectivity index (χ2v) is 4.04. The third kappa shape index (κ3) is 3.22. The van der Waals surface area contributed by atoms with Gasteiger partial charge in [-0.3, -0.25) is 0 Å². The number of nitrogens with one attached hydrogen (secondary N) is 1. The molecule has 2 nitrogen and oxygen atoms in total. The van der Waals surface area contributed by atoms with E-state index in [-0.39, 0.29) is 5.82 Å². The van der Waals surface area contributed by atoms with Gasteiger partial charge in [-0.25, -0.2) is 9.37 Å². The smallest absolute Gasteiger partial charge is 0.165 e. The molecule has 0 aliphatic heterocycles. The first-order chi connectivity index (χ1) is 6.24. The molecule has 1 aromatic rings. The van der Waals surface area contributed by atoms with Crippen molar-refractivity contribution in [3.8, 4) is 0 Å². The summed E-state index contributed by atoms with van der Waals surface area (Å²) in [6.45, 7) is 2.81. The zero-order valence-corrected chi connectivity index (χ0v) is 8.57. The van der Waals surface area contributed by atoms with Gasteiger partial charge in [0, 0.05) is 18.0 Å². The van der Waals surface area contributed by atoms with E-state index in [0.717, 1.165) is 6.54 Å². The molecule has 13 heavy (non-hydrogen) atoms. The summed E-state index contributed by atoms with van der Waals surface area (Å²) in [5, 5.41) is 3.42. The van der Waals surface area contributed by atoms with Crippen LogP contribution in [0.3, 0.4) is 0 Å². The van der Waals surface area contributed by atoms with Crippen LogP contribution in [-0.2, 0) is 0 Å². The molecule has 0 amide bonds. The van der Waals surface area contributed by atoms with Crippen LogP contribution in [0.15, 0.2) is 18.3 Å². The Balaban J connectivity index is 2.50. The Morgan fingerprint density at radius 2 is 2.46 bits per heavy atom. The van der Waals surface area contributed by atoms with E-state index in [2.05, 4.69) is 17.2 Å². The van der Waals surface area contributed by atoms with Gasteiger partial charge >= 0.3 is 0 Å². The molecular formula is C9H13FN2S. The Morgan fingerprint density at radius 1 is 1.69 bits per heavy atom. The Bertz CT molecular complexity index is 268. The van der Waals surface area contributed by atoms with Crippen molar-refractivity contribution in [1.82, 2.24) is 4.98 Å². The summed E-state index contributed by atoms with van der Waals surface area (Å²) in [4.78, 5) is 3.89. The highest BCUT2D eigenvalue weighted by atomic mass is 32.2. The number of aromatic nitrogens is 1. The fraction of sp³-hybridized carbons (Fsp3) is 0.444. The van der Waals surface area contributed by atoms with Crippen LogP contribution in [0.2, 0.25) is 0 Å². The molecule has 1 unspecified atom stereocenters. The first-order valence-electron chi connectivity index (χ1n) is 4.11. The average molecular weight is 200 g/mol. The maximum absolute atomic E-state index is 13.0. The van der Waals surface area contributed by atoms with E-state index in [1.807, 2.05) is 6.26 Å². The normalized spacial score (nSPS) is 12.5. The molecule has 0 aliphatic rings. The predicted octanol–water partition coefficient (Wildman–Crippen LogP) is 2.38. The van der Waals surface area contributed by atoms with Gasteiger partial charge in [-0.1, -0.05) is 6.92 Å². The number of halogens is 1. The van der Waals surface area contributed by atoms with E-state index in [4.69, 9.17) is 0 Å². The average Bonchev–Trinajstić information content (AvgIpc) is 2.16. The SMILES string of the molecule is CSC(C)CNc1ncccc1F. The Kier molecular flexibility index (Phi) is 4.02. The molecule has 0 fully saturated rings. The fourth-order valence-corrected chi connectivity index (χ4v) is 1.09. The van der Waals surface area contributed by atoms with Gasteiger partial charge in [0.2, 0.25) is 0 Å². The number of thioether (sulfide) groups is 1. The molecule has 0 spiro atoms. The van der Waals surface area contributed by atoms with Crippen LogP contribution in [0.4, 0.5) is 10.2 Å². The van der Waals surface area contributed by atoms with Crippen LogP contribution in [0.25, 0.3) is 0 Å². The second-order valence-electron chi connectivity index (χ2n) is 2.76. The number of nitrogens with zero attached hydrogens (tertiary/aromatic N) is 1. The quantitative estimate of drug-likeness (QED) is 0.807. The first kappa shape index (κ1) is 10.3. The molecule has 72 valence electrons. The van der Waals surface area contributed by atoms with Crippen LogP contribution in [0.5, 0.6) is 0 Å². The number of hydrogen-bond donors (Lipinski definition) is 1. The summed E-state index contributed by atoms with van der Waals surface area (Å²) in [5.41, 5.74) is 0. The molecule has 0 aromatic carbocycles. The van der Waals surface area contributed by atoms with Gasteiger partial charge in [0.25, 0.3) is 0 Å². The second kappa shape index (κ2) is 5.07. The minimum atomic E-state index is -0.296. The zero-order valence-electron chi connectivity index (χ0n) is 7.75. The predicted molar refractivity (Wildman–Crippen MR) is 55.7 cm³/mol. The van der Waals surface area contributed by atoms with Crippen LogP contribution in [0, 0.1) is 5.82 Å². The number of pyridine rings is 1. The minimum Gasteiger partial charge on any atom is -0.367 e. The van der Waals surface area contributed by atoms with Gasteiger partial charge in [0.05, 0.1) is 0 Å². The summed E-state index contributed by atoms with van der Waals surface area (Å²) in [5.74, 6) is 0.0409. The molecule has 4 heteroatoms. The maximum atomic E-state index is 13.0. The molecule has 0 saturated heterocycles. The van der Waals surface area contributed by atoms with Gasteiger partial charge in [-0.2, -0.15) is 11.8 Å². The van der Waals surface area contributed by atoms with Crippen molar-refractivity contribution in [3.05, 3.63) is 24.1 Å². The lowest BCUT2D eigenvalue weighted by Crippen LogP contribution is -2.14. The Morgan fingerprint density at radius 3 is 3.08 bits per heavy atom. The van der Waals surface area contributed by atoms with Gasteiger partial charge < -0.3 is 5.32 Å². The molecule has 0 saturated carbocycles. The molecule has 0 bridgehead atoms. The topological polar surface area (TPSA) is 24.9 Å². The van der Waals surface area contributed by atoms with Crippen LogP contribution in [0.1, 0.15) is 6.92 Å². The highest BCUT2D eigenvalue weighted by Crippen LogP contribution is 2.10. The number of hydrogen-bond acceptors (Lipinski definition) is 3. The van der Waals surface area contributed by atoms with Crippen molar-refractivity contribution in [2.75, 3.05) is 18.1 Å². The van der Waals surface area contributed by atoms with E-state index in [0.29, 0.717) is 11.1 Å². The van der Waals surface area contributed by atoms with Gasteiger partial charge in [-0.15, -0.1) is 0 Å². The lowest BCUT2D eigenvalue weighted by Gasteiger charge is -2.10. The molecule has 1 aromatic heterocycles. The van der Waals surface area contributed by atoms with Crippen molar-refractivity contribution < 1.29 is 4.39 Å². The molecule has 1 rings (SSSR count). The molecule has 1 atom stereocenters. The van der Waals surface area contributed by atoms with Gasteiger partial charge in [-0.05, 0) is 18.4 Å². The monoisotopic (exact) mass is 200 g/mol. The lowest BCUT2D eigenvalue weighted by atomic mass is 10.4. The first-order valence-corrected chi connectivity index (χ1v) is 5.40. The zero-order chi connectivity index (χ0) is 9.68. The minimum absolute atomic E-state index is 0.296. The summed E-state index contributed by atoms with van der Waals surface area (Å²) in [6.07, 6.45) is 3.61. The maximum Gasteiger partial charge on any atom is 0.165 e. The largest absolute Gasteiger partial charge is 0.367 e. The number of anilines is 1. The van der Waals surface area contributed by atoms with Crippen LogP contribution >= 0.6 is 11.8 Å². The van der Waals surface area contributed by atoms with E-state index in [1.54, 1.807) is 24.0 Å². The van der Waals surface area contributed by atoms with Gasteiger partial charge in [0.1, 0.15) is 0 Å². The molecular weight excluding hydrogens is 187 g/mol. The summed E-state index contributed by atoms with van der Waals surface area (Å²) >= 11 is 1.74. The highest BCUT2D eigenvalue weighted by Gasteiger charge is 2.03. The van der Waals surface area contributed by atoms with Crippen molar-refractivity contribution >= 4 is 17.6 Å². The van der Waals surface area contributed by atoms with Crippen LogP contribution in [-0.4, -0.2) is 23.0 Å². The number of rotatable bonds is 4. The molecule has 0 aliphatic carbocycles. The van der Waals surface area contributed by atoms with Gasteiger partial charge in [0.15, 0.2) is 11.6 Å². The summed E-state index contributed by atoms with van der Waals surface area (Å²) in [7, 11) is 0. The summed E-state index contributed by atoms with van der Waals surface area (Å²) < 4.78 is 13.0. The van der Waals surface area contributed by atoms with Crippen molar-refractivity contribution in [2.45, 2.75) is 12.2 Å². The van der Waals surface area contributed by atoms with Crippen molar-refractivity contribution in [3.63, 3.8) is 0 Å². The Hall–Kier alpha value is -0.770. The fourth-order valence-electron chi connectivity index (χ4n) is 0.840.